The molecule has 0 saturated heterocycles. The van der Waals surface area contributed by atoms with Crippen LogP contribution >= 0.6 is 11.8 Å². The first-order valence-corrected chi connectivity index (χ1v) is 8.40. The lowest BCUT2D eigenvalue weighted by molar-refractivity contribution is 0.0970. The Labute approximate surface area is 134 Å². The summed E-state index contributed by atoms with van der Waals surface area (Å²) in [5, 5.41) is 0.875. The van der Waals surface area contributed by atoms with Crippen LogP contribution in [0.3, 0.4) is 0 Å². The zero-order chi connectivity index (χ0) is 15.9. The fraction of sp³-hybridized carbons (Fsp3) is 0.294. The number of fused-ring (bicyclic) bond motifs is 1. The molecule has 3 rings (SSSR count). The summed E-state index contributed by atoms with van der Waals surface area (Å²) in [5.74, 6) is 0.125. The lowest BCUT2D eigenvalue weighted by atomic mass is 10.1. The number of Topliss-reactive ketones (excluding diaryl/α,β-unsaturated/α-hetero) is 1. The van der Waals surface area contributed by atoms with Crippen molar-refractivity contribution in [3.8, 4) is 0 Å². The number of hydrogen-bond acceptors (Lipinski definition) is 3. The molecule has 0 atom stereocenters. The summed E-state index contributed by atoms with van der Waals surface area (Å²) in [4.78, 5) is 17.3. The van der Waals surface area contributed by atoms with Crippen LogP contribution in [0.1, 0.15) is 21.7 Å². The molecule has 0 saturated carbocycles. The van der Waals surface area contributed by atoms with Gasteiger partial charge in [0.2, 0.25) is 0 Å². The van der Waals surface area contributed by atoms with Gasteiger partial charge in [-0.3, -0.25) is 4.79 Å². The van der Waals surface area contributed by atoms with Gasteiger partial charge in [-0.1, -0.05) is 23.9 Å². The molecule has 1 aromatic carbocycles. The van der Waals surface area contributed by atoms with Gasteiger partial charge in [-0.2, -0.15) is 0 Å². The minimum atomic E-state index is 0.125. The van der Waals surface area contributed by atoms with E-state index in [0.717, 1.165) is 33.1 Å². The van der Waals surface area contributed by atoms with E-state index in [9.17, 15) is 4.79 Å². The Kier molecular flexibility index (Phi) is 3.83. The first kappa shape index (κ1) is 14.9. The Balaban J connectivity index is 2.02. The summed E-state index contributed by atoms with van der Waals surface area (Å²) < 4.78 is 4.05. The van der Waals surface area contributed by atoms with Crippen molar-refractivity contribution in [1.82, 2.24) is 14.1 Å². The smallest absolute Gasteiger partial charge is 0.184 e. The number of aryl methyl sites for hydroxylation is 1. The van der Waals surface area contributed by atoms with E-state index in [1.54, 1.807) is 11.8 Å². The van der Waals surface area contributed by atoms with E-state index < -0.39 is 0 Å². The Morgan fingerprint density at radius 1 is 1.27 bits per heavy atom. The molecule has 0 radical (unpaired) electrons. The van der Waals surface area contributed by atoms with E-state index in [1.165, 1.54) is 0 Å². The summed E-state index contributed by atoms with van der Waals surface area (Å²) in [6, 6.07) is 9.91. The van der Waals surface area contributed by atoms with Gasteiger partial charge < -0.3 is 9.13 Å². The minimum Gasteiger partial charge on any atom is -0.351 e. The molecule has 5 heteroatoms. The molecule has 0 amide bonds. The number of hydrogen-bond donors (Lipinski definition) is 0. The number of para-hydroxylation sites is 2. The molecule has 0 bridgehead atoms. The van der Waals surface area contributed by atoms with E-state index in [-0.39, 0.29) is 5.78 Å². The summed E-state index contributed by atoms with van der Waals surface area (Å²) in [5.41, 5.74) is 4.84. The molecular formula is C17H19N3OS. The van der Waals surface area contributed by atoms with E-state index in [2.05, 4.69) is 9.55 Å². The molecular weight excluding hydrogens is 294 g/mol. The third kappa shape index (κ3) is 2.35. The topological polar surface area (TPSA) is 39.8 Å². The van der Waals surface area contributed by atoms with Crippen LogP contribution in [-0.4, -0.2) is 26.2 Å². The number of thioether (sulfide) groups is 1. The van der Waals surface area contributed by atoms with Gasteiger partial charge in [0.25, 0.3) is 0 Å². The first-order chi connectivity index (χ1) is 10.5. The molecule has 2 aromatic heterocycles. The van der Waals surface area contributed by atoms with Crippen molar-refractivity contribution >= 4 is 28.6 Å². The fourth-order valence-corrected chi connectivity index (χ4v) is 3.30. The number of nitrogens with zero attached hydrogens (tertiary/aromatic N) is 3. The molecule has 4 nitrogen and oxygen atoms in total. The van der Waals surface area contributed by atoms with Crippen LogP contribution < -0.4 is 0 Å². The number of aromatic nitrogens is 3. The van der Waals surface area contributed by atoms with Crippen LogP contribution in [0, 0.1) is 13.8 Å². The average Bonchev–Trinajstić information content (AvgIpc) is 3.00. The van der Waals surface area contributed by atoms with Crippen molar-refractivity contribution in [2.24, 2.45) is 7.05 Å². The van der Waals surface area contributed by atoms with Gasteiger partial charge in [0.15, 0.2) is 10.9 Å². The molecule has 2 heterocycles. The zero-order valence-electron chi connectivity index (χ0n) is 13.3. The molecule has 114 valence electrons. The van der Waals surface area contributed by atoms with Crippen molar-refractivity contribution in [2.45, 2.75) is 25.5 Å². The Morgan fingerprint density at radius 2 is 2.00 bits per heavy atom. The third-order valence-corrected chi connectivity index (χ3v) is 4.86. The summed E-state index contributed by atoms with van der Waals surface area (Å²) >= 11 is 1.57. The van der Waals surface area contributed by atoms with Gasteiger partial charge in [-0.15, -0.1) is 0 Å². The van der Waals surface area contributed by atoms with Gasteiger partial charge in [0.05, 0.1) is 17.6 Å². The van der Waals surface area contributed by atoms with Crippen LogP contribution in [0.5, 0.6) is 0 Å². The second-order valence-corrected chi connectivity index (χ2v) is 6.21. The normalized spacial score (nSPS) is 11.3. The highest BCUT2D eigenvalue weighted by Crippen LogP contribution is 2.23. The molecule has 0 aliphatic rings. The summed E-state index contributed by atoms with van der Waals surface area (Å²) in [7, 11) is 1.99. The van der Waals surface area contributed by atoms with Crippen molar-refractivity contribution in [3.63, 3.8) is 0 Å². The molecule has 0 aliphatic carbocycles. The van der Waals surface area contributed by atoms with Crippen LogP contribution in [0.2, 0.25) is 0 Å². The fourth-order valence-electron chi connectivity index (χ4n) is 2.73. The highest BCUT2D eigenvalue weighted by atomic mass is 32.2. The van der Waals surface area contributed by atoms with Gasteiger partial charge in [0, 0.05) is 24.0 Å². The lowest BCUT2D eigenvalue weighted by Gasteiger charge is -2.07. The first-order valence-electron chi connectivity index (χ1n) is 7.18. The predicted molar refractivity (Wildman–Crippen MR) is 90.7 cm³/mol. The van der Waals surface area contributed by atoms with Crippen LogP contribution in [0.15, 0.2) is 35.5 Å². The SMILES string of the molecule is CSc1nc2ccccc2n1CC(=O)c1cc(C)n(C)c1C. The number of ketones is 1. The number of carbonyl (C=O) groups is 1. The van der Waals surface area contributed by atoms with E-state index in [0.29, 0.717) is 6.54 Å². The Bertz CT molecular complexity index is 860. The van der Waals surface area contributed by atoms with Gasteiger partial charge in [0.1, 0.15) is 0 Å². The average molecular weight is 313 g/mol. The summed E-state index contributed by atoms with van der Waals surface area (Å²) in [6.45, 7) is 4.33. The molecule has 0 aliphatic heterocycles. The summed E-state index contributed by atoms with van der Waals surface area (Å²) in [6.07, 6.45) is 1.99. The zero-order valence-corrected chi connectivity index (χ0v) is 14.1. The molecule has 0 fully saturated rings. The Hall–Kier alpha value is -2.01. The number of rotatable bonds is 4. The van der Waals surface area contributed by atoms with Crippen LogP contribution in [0.25, 0.3) is 11.0 Å². The molecule has 3 aromatic rings. The molecule has 0 spiro atoms. The maximum Gasteiger partial charge on any atom is 0.184 e. The maximum atomic E-state index is 12.7. The van der Waals surface area contributed by atoms with Crippen molar-refractivity contribution < 1.29 is 4.79 Å². The number of benzene rings is 1. The number of carbonyl (C=O) groups excluding carboxylic acids is 1. The van der Waals surface area contributed by atoms with Gasteiger partial charge >= 0.3 is 0 Å². The minimum absolute atomic E-state index is 0.125. The second-order valence-electron chi connectivity index (χ2n) is 5.44. The highest BCUT2D eigenvalue weighted by molar-refractivity contribution is 7.98. The number of imidazole rings is 1. The standard InChI is InChI=1S/C17H19N3OS/c1-11-9-13(12(2)19(11)3)16(21)10-20-15-8-6-5-7-14(15)18-17(20)22-4/h5-9H,10H2,1-4H3. The largest absolute Gasteiger partial charge is 0.351 e. The van der Waals surface area contributed by atoms with E-state index >= 15 is 0 Å². The monoisotopic (exact) mass is 313 g/mol. The van der Waals surface area contributed by atoms with Gasteiger partial charge in [-0.05, 0) is 38.3 Å². The second kappa shape index (κ2) is 5.65. The molecule has 0 N–H and O–H groups in total. The van der Waals surface area contributed by atoms with Crippen molar-refractivity contribution in [2.75, 3.05) is 6.26 Å². The van der Waals surface area contributed by atoms with Crippen LogP contribution in [0.4, 0.5) is 0 Å². The highest BCUT2D eigenvalue weighted by Gasteiger charge is 2.17. The Morgan fingerprint density at radius 3 is 2.64 bits per heavy atom. The predicted octanol–water partition coefficient (Wildman–Crippen LogP) is 3.60. The third-order valence-electron chi connectivity index (χ3n) is 4.18. The van der Waals surface area contributed by atoms with E-state index in [1.807, 2.05) is 62.0 Å². The van der Waals surface area contributed by atoms with Crippen LogP contribution in [-0.2, 0) is 13.6 Å². The van der Waals surface area contributed by atoms with Crippen molar-refractivity contribution in [3.05, 3.63) is 47.3 Å². The van der Waals surface area contributed by atoms with E-state index in [4.69, 9.17) is 0 Å². The van der Waals surface area contributed by atoms with Gasteiger partial charge in [-0.25, -0.2) is 4.98 Å². The maximum absolute atomic E-state index is 12.7. The molecule has 22 heavy (non-hydrogen) atoms. The lowest BCUT2D eigenvalue weighted by Crippen LogP contribution is -2.12. The van der Waals surface area contributed by atoms with Crippen molar-refractivity contribution in [1.29, 1.82) is 0 Å². The quantitative estimate of drug-likeness (QED) is 0.546. The molecule has 0 unspecified atom stereocenters.